The average molecular weight is 358 g/mol. The molecule has 11 nitrogen and oxygen atoms in total. The normalized spacial score (nSPS) is 34.0. The Hall–Kier alpha value is -1.08. The Morgan fingerprint density at radius 3 is 2.65 bits per heavy atom. The van der Waals surface area contributed by atoms with Gasteiger partial charge in [0.2, 0.25) is 12.0 Å². The number of carbonyl (C=O) groups excluding carboxylic acids is 1. The largest absolute Gasteiger partial charge is 0.394 e. The van der Waals surface area contributed by atoms with Gasteiger partial charge >= 0.3 is 6.03 Å². The molecular formula is C11H20ClN3O8. The Balaban J connectivity index is 3.00. The van der Waals surface area contributed by atoms with E-state index in [-0.39, 0.29) is 19.0 Å². The third kappa shape index (κ3) is 4.26. The van der Waals surface area contributed by atoms with Gasteiger partial charge in [-0.1, -0.05) is 0 Å². The first kappa shape index (κ1) is 20.0. The number of nitroso groups, excluding NO2 is 1. The Labute approximate surface area is 136 Å². The molecule has 0 aliphatic carbocycles. The maximum atomic E-state index is 11.9. The third-order valence-corrected chi connectivity index (χ3v) is 3.42. The summed E-state index contributed by atoms with van der Waals surface area (Å²) in [4.78, 5) is 22.5. The second-order valence-corrected chi connectivity index (χ2v) is 5.11. The van der Waals surface area contributed by atoms with Crippen molar-refractivity contribution in [3.05, 3.63) is 4.91 Å². The summed E-state index contributed by atoms with van der Waals surface area (Å²) in [5, 5.41) is 44.3. The highest BCUT2D eigenvalue weighted by Crippen LogP contribution is 2.29. The van der Waals surface area contributed by atoms with Gasteiger partial charge in [-0.3, -0.25) is 0 Å². The number of aliphatic hydroxyl groups is 4. The van der Waals surface area contributed by atoms with Crippen molar-refractivity contribution in [3.63, 3.8) is 0 Å². The lowest BCUT2D eigenvalue weighted by atomic mass is 9.93. The van der Waals surface area contributed by atoms with E-state index < -0.39 is 43.0 Å². The van der Waals surface area contributed by atoms with Crippen molar-refractivity contribution in [1.82, 2.24) is 10.3 Å². The summed E-state index contributed by atoms with van der Waals surface area (Å²) in [6.45, 7) is 0.690. The zero-order valence-corrected chi connectivity index (χ0v) is 13.1. The van der Waals surface area contributed by atoms with Crippen molar-refractivity contribution in [2.75, 3.05) is 25.6 Å². The van der Waals surface area contributed by atoms with Gasteiger partial charge in [-0.05, 0) is 6.92 Å². The smallest absolute Gasteiger partial charge is 0.342 e. The molecular weight excluding hydrogens is 338 g/mol. The first-order chi connectivity index (χ1) is 10.8. The van der Waals surface area contributed by atoms with Crippen molar-refractivity contribution < 1.29 is 34.7 Å². The molecule has 1 aliphatic heterocycles. The van der Waals surface area contributed by atoms with Crippen molar-refractivity contribution >= 4 is 17.6 Å². The predicted octanol–water partition coefficient (Wildman–Crippen LogP) is -1.92. The number of alkyl halides is 1. The van der Waals surface area contributed by atoms with E-state index in [1.807, 2.05) is 5.32 Å². The monoisotopic (exact) mass is 357 g/mol. The van der Waals surface area contributed by atoms with Crippen LogP contribution in [0.5, 0.6) is 0 Å². The summed E-state index contributed by atoms with van der Waals surface area (Å²) in [5.74, 6) is -0.0965. The Morgan fingerprint density at radius 1 is 1.52 bits per heavy atom. The molecule has 0 unspecified atom stereocenters. The van der Waals surface area contributed by atoms with Crippen LogP contribution in [0.4, 0.5) is 4.79 Å². The molecule has 0 aromatic carbocycles. The number of urea groups is 1. The van der Waals surface area contributed by atoms with Gasteiger partial charge in [0, 0.05) is 12.5 Å². The minimum atomic E-state index is -2.58. The third-order valence-electron chi connectivity index (χ3n) is 3.25. The zero-order chi connectivity index (χ0) is 17.6. The lowest BCUT2D eigenvalue weighted by Gasteiger charge is -2.47. The Bertz CT molecular complexity index is 417. The van der Waals surface area contributed by atoms with Gasteiger partial charge in [-0.15, -0.1) is 16.5 Å². The average Bonchev–Trinajstić information content (AvgIpc) is 2.53. The fraction of sp³-hybridized carbons (Fsp3) is 0.909. The molecule has 0 saturated carbocycles. The summed E-state index contributed by atoms with van der Waals surface area (Å²) in [6, 6.07) is -1.18. The fourth-order valence-electron chi connectivity index (χ4n) is 2.04. The van der Waals surface area contributed by atoms with Gasteiger partial charge < -0.3 is 35.2 Å². The molecule has 2 amide bonds. The van der Waals surface area contributed by atoms with Gasteiger partial charge in [0.1, 0.15) is 18.3 Å². The van der Waals surface area contributed by atoms with Crippen molar-refractivity contribution in [1.29, 1.82) is 0 Å². The molecule has 1 saturated heterocycles. The van der Waals surface area contributed by atoms with Gasteiger partial charge in [0.05, 0.1) is 18.4 Å². The van der Waals surface area contributed by atoms with Crippen molar-refractivity contribution in [2.24, 2.45) is 5.29 Å². The lowest BCUT2D eigenvalue weighted by molar-refractivity contribution is -0.346. The summed E-state index contributed by atoms with van der Waals surface area (Å²) in [6.07, 6.45) is -6.51. The molecule has 1 rings (SSSR count). The van der Waals surface area contributed by atoms with E-state index in [1.165, 1.54) is 0 Å². The predicted molar refractivity (Wildman–Crippen MR) is 76.1 cm³/mol. The Kier molecular flexibility index (Phi) is 7.54. The number of aliphatic hydroxyl groups excluding tert-OH is 3. The fourth-order valence-corrected chi connectivity index (χ4v) is 2.20. The summed E-state index contributed by atoms with van der Waals surface area (Å²) < 4.78 is 10.2. The maximum Gasteiger partial charge on any atom is 0.342 e. The highest BCUT2D eigenvalue weighted by atomic mass is 35.5. The molecule has 0 spiro atoms. The van der Waals surface area contributed by atoms with Crippen LogP contribution in [0.15, 0.2) is 5.29 Å². The number of ether oxygens (including phenoxy) is 2. The van der Waals surface area contributed by atoms with E-state index in [4.69, 9.17) is 26.2 Å². The van der Waals surface area contributed by atoms with E-state index in [0.717, 1.165) is 0 Å². The zero-order valence-electron chi connectivity index (χ0n) is 12.3. The highest BCUT2D eigenvalue weighted by molar-refractivity contribution is 6.18. The quantitative estimate of drug-likeness (QED) is 0.152. The molecule has 134 valence electrons. The summed E-state index contributed by atoms with van der Waals surface area (Å²) in [7, 11) is 0. The van der Waals surface area contributed by atoms with E-state index in [1.54, 1.807) is 6.92 Å². The standard InChI is InChI=1S/C11H20ClN3O8/c1-2-22-9-11(20,8(18)7(17)6(5-16)23-9)13-10(19)15(14-21)4-3-12/h6-9,16-18,20H,2-5H2,1H3,(H,13,19)/t6-,7-,8+,9+,11+/m1/s1. The second kappa shape index (κ2) is 8.68. The van der Waals surface area contributed by atoms with Crippen LogP contribution in [0, 0.1) is 4.91 Å². The van der Waals surface area contributed by atoms with Crippen LogP contribution < -0.4 is 5.32 Å². The molecule has 5 atom stereocenters. The maximum absolute atomic E-state index is 11.9. The molecule has 0 bridgehead atoms. The number of nitrogens with one attached hydrogen (secondary N) is 1. The topological polar surface area (TPSA) is 161 Å². The second-order valence-electron chi connectivity index (χ2n) is 4.73. The van der Waals surface area contributed by atoms with E-state index in [2.05, 4.69) is 5.29 Å². The number of carbonyl (C=O) groups is 1. The lowest BCUT2D eigenvalue weighted by Crippen LogP contribution is -2.74. The molecule has 1 fully saturated rings. The first-order valence-electron chi connectivity index (χ1n) is 6.81. The minimum absolute atomic E-state index is 0.0289. The molecule has 1 aliphatic rings. The molecule has 12 heteroatoms. The summed E-state index contributed by atoms with van der Waals surface area (Å²) >= 11 is 5.42. The minimum Gasteiger partial charge on any atom is -0.394 e. The van der Waals surface area contributed by atoms with E-state index in [9.17, 15) is 25.0 Å². The van der Waals surface area contributed by atoms with E-state index >= 15 is 0 Å². The number of rotatable bonds is 7. The van der Waals surface area contributed by atoms with E-state index in [0.29, 0.717) is 5.01 Å². The number of nitrogens with zero attached hydrogens (tertiary/aromatic N) is 2. The number of halogens is 1. The van der Waals surface area contributed by atoms with Crippen LogP contribution >= 0.6 is 11.6 Å². The highest BCUT2D eigenvalue weighted by Gasteiger charge is 2.56. The molecule has 0 radical (unpaired) electrons. The molecule has 0 aromatic heterocycles. The molecule has 1 heterocycles. The van der Waals surface area contributed by atoms with Crippen LogP contribution in [0.1, 0.15) is 6.92 Å². The molecule has 0 aromatic rings. The molecule has 23 heavy (non-hydrogen) atoms. The van der Waals surface area contributed by atoms with Gasteiger partial charge in [-0.25, -0.2) is 4.79 Å². The van der Waals surface area contributed by atoms with Gasteiger partial charge in [0.15, 0.2) is 0 Å². The van der Waals surface area contributed by atoms with Crippen LogP contribution in [0.25, 0.3) is 0 Å². The van der Waals surface area contributed by atoms with Gasteiger partial charge in [-0.2, -0.15) is 5.01 Å². The van der Waals surface area contributed by atoms with Gasteiger partial charge in [0.25, 0.3) is 0 Å². The van der Waals surface area contributed by atoms with Crippen molar-refractivity contribution in [3.8, 4) is 0 Å². The first-order valence-corrected chi connectivity index (χ1v) is 7.34. The SMILES string of the molecule is CCO[C@H]1O[C@H](CO)[C@@H](O)[C@H](O)[C@@]1(O)NC(=O)N(CCCl)N=O. The van der Waals surface area contributed by atoms with Crippen LogP contribution in [0.3, 0.4) is 0 Å². The molecule has 5 N–H and O–H groups in total. The van der Waals surface area contributed by atoms with Crippen LogP contribution in [-0.2, 0) is 9.47 Å². The number of hydrogen-bond donors (Lipinski definition) is 5. The summed E-state index contributed by atoms with van der Waals surface area (Å²) in [5.41, 5.74) is -2.58. The van der Waals surface area contributed by atoms with Crippen molar-refractivity contribution in [2.45, 2.75) is 37.3 Å². The Morgan fingerprint density at radius 2 is 2.17 bits per heavy atom. The van der Waals surface area contributed by atoms with Crippen LogP contribution in [0.2, 0.25) is 0 Å². The number of amides is 2. The number of hydrogen-bond acceptors (Lipinski definition) is 9. The van der Waals surface area contributed by atoms with Crippen LogP contribution in [-0.4, -0.2) is 87.4 Å².